The molecule has 0 aromatic carbocycles. The van der Waals surface area contributed by atoms with E-state index in [9.17, 15) is 4.79 Å². The Hall–Kier alpha value is -1.20. The topological polar surface area (TPSA) is 75.1 Å². The minimum absolute atomic E-state index is 0.101. The lowest BCUT2D eigenvalue weighted by molar-refractivity contribution is 0.0930. The molecule has 0 spiro atoms. The highest BCUT2D eigenvalue weighted by Crippen LogP contribution is 2.44. The third kappa shape index (κ3) is 2.73. The van der Waals surface area contributed by atoms with Gasteiger partial charge >= 0.3 is 0 Å². The predicted octanol–water partition coefficient (Wildman–Crippen LogP) is 0.941. The van der Waals surface area contributed by atoms with Crippen LogP contribution in [0, 0.1) is 12.3 Å². The Morgan fingerprint density at radius 3 is 2.94 bits per heavy atom. The van der Waals surface area contributed by atoms with E-state index < -0.39 is 0 Å². The molecule has 1 aliphatic rings. The van der Waals surface area contributed by atoms with Crippen LogP contribution >= 0.6 is 11.6 Å². The summed E-state index contributed by atoms with van der Waals surface area (Å²) in [4.78, 5) is 19.7. The smallest absolute Gasteiger partial charge is 0.271 e. The fraction of sp³-hybridized carbons (Fsp3) is 0.545. The van der Waals surface area contributed by atoms with Crippen LogP contribution in [0.1, 0.15) is 29.2 Å². The SMILES string of the molecule is Cc1ncc(Cl)c(C(=O)NCC2(CO)CC2)n1. The molecule has 17 heavy (non-hydrogen) atoms. The van der Waals surface area contributed by atoms with E-state index >= 15 is 0 Å². The molecule has 1 amide bonds. The fourth-order valence-corrected chi connectivity index (χ4v) is 1.71. The van der Waals surface area contributed by atoms with Gasteiger partial charge in [-0.1, -0.05) is 11.6 Å². The molecule has 0 radical (unpaired) electrons. The molecule has 2 N–H and O–H groups in total. The lowest BCUT2D eigenvalue weighted by atomic mass is 10.1. The van der Waals surface area contributed by atoms with E-state index in [1.165, 1.54) is 6.20 Å². The Morgan fingerprint density at radius 2 is 2.35 bits per heavy atom. The van der Waals surface area contributed by atoms with Gasteiger partial charge in [-0.25, -0.2) is 9.97 Å². The van der Waals surface area contributed by atoms with Crippen molar-refractivity contribution in [3.05, 3.63) is 22.7 Å². The van der Waals surface area contributed by atoms with E-state index in [0.717, 1.165) is 12.8 Å². The number of nitrogens with one attached hydrogen (secondary N) is 1. The maximum Gasteiger partial charge on any atom is 0.271 e. The molecule has 6 heteroatoms. The van der Waals surface area contributed by atoms with Gasteiger partial charge in [0.1, 0.15) is 11.5 Å². The molecule has 1 aromatic heterocycles. The first-order valence-corrected chi connectivity index (χ1v) is 5.82. The Labute approximate surface area is 104 Å². The number of halogens is 1. The highest BCUT2D eigenvalue weighted by molar-refractivity contribution is 6.33. The standard InChI is InChI=1S/C11H14ClN3O2/c1-7-13-4-8(12)9(15-7)10(17)14-5-11(6-16)2-3-11/h4,16H,2-3,5-6H2,1H3,(H,14,17). The Morgan fingerprint density at radius 1 is 1.65 bits per heavy atom. The van der Waals surface area contributed by atoms with E-state index in [2.05, 4.69) is 15.3 Å². The van der Waals surface area contributed by atoms with E-state index in [0.29, 0.717) is 12.4 Å². The molecule has 0 atom stereocenters. The Kier molecular flexibility index (Phi) is 3.31. The summed E-state index contributed by atoms with van der Waals surface area (Å²) in [7, 11) is 0. The van der Waals surface area contributed by atoms with Crippen LogP contribution in [0.3, 0.4) is 0 Å². The highest BCUT2D eigenvalue weighted by Gasteiger charge is 2.42. The zero-order valence-corrected chi connectivity index (χ0v) is 10.3. The maximum absolute atomic E-state index is 11.8. The maximum atomic E-state index is 11.8. The van der Waals surface area contributed by atoms with Crippen molar-refractivity contribution >= 4 is 17.5 Å². The van der Waals surface area contributed by atoms with Crippen molar-refractivity contribution in [2.45, 2.75) is 19.8 Å². The molecule has 0 bridgehead atoms. The monoisotopic (exact) mass is 255 g/mol. The van der Waals surface area contributed by atoms with Crippen molar-refractivity contribution in [3.63, 3.8) is 0 Å². The van der Waals surface area contributed by atoms with Gasteiger partial charge < -0.3 is 10.4 Å². The van der Waals surface area contributed by atoms with Crippen LogP contribution in [0.15, 0.2) is 6.20 Å². The molecule has 5 nitrogen and oxygen atoms in total. The predicted molar refractivity (Wildman–Crippen MR) is 62.9 cm³/mol. The molecular weight excluding hydrogens is 242 g/mol. The normalized spacial score (nSPS) is 16.6. The van der Waals surface area contributed by atoms with Gasteiger partial charge in [0.2, 0.25) is 0 Å². The second-order valence-corrected chi connectivity index (χ2v) is 4.86. The zero-order chi connectivity index (χ0) is 12.5. The number of carbonyl (C=O) groups is 1. The molecule has 1 aromatic rings. The quantitative estimate of drug-likeness (QED) is 0.840. The average Bonchev–Trinajstić information content (AvgIpc) is 3.10. The Bertz CT molecular complexity index is 446. The number of hydrogen-bond acceptors (Lipinski definition) is 4. The summed E-state index contributed by atoms with van der Waals surface area (Å²) in [5.74, 6) is 0.183. The van der Waals surface area contributed by atoms with Gasteiger partial charge in [0.15, 0.2) is 0 Å². The third-order valence-corrected chi connectivity index (χ3v) is 3.27. The summed E-state index contributed by atoms with van der Waals surface area (Å²) in [5, 5.41) is 12.1. The van der Waals surface area contributed by atoms with Crippen molar-refractivity contribution in [3.8, 4) is 0 Å². The molecule has 1 aliphatic carbocycles. The summed E-state index contributed by atoms with van der Waals surface area (Å²) < 4.78 is 0. The van der Waals surface area contributed by atoms with Gasteiger partial charge in [-0.3, -0.25) is 4.79 Å². The van der Waals surface area contributed by atoms with Gasteiger partial charge in [-0.15, -0.1) is 0 Å². The van der Waals surface area contributed by atoms with E-state index in [1.54, 1.807) is 6.92 Å². The van der Waals surface area contributed by atoms with Crippen molar-refractivity contribution < 1.29 is 9.90 Å². The molecule has 1 heterocycles. The number of rotatable bonds is 4. The highest BCUT2D eigenvalue weighted by atomic mass is 35.5. The summed E-state index contributed by atoms with van der Waals surface area (Å²) in [6.07, 6.45) is 3.30. The number of nitrogens with zero attached hydrogens (tertiary/aromatic N) is 2. The minimum Gasteiger partial charge on any atom is -0.396 e. The summed E-state index contributed by atoms with van der Waals surface area (Å²) in [6, 6.07) is 0. The number of aromatic nitrogens is 2. The molecule has 1 saturated carbocycles. The van der Waals surface area contributed by atoms with Gasteiger partial charge in [0.05, 0.1) is 17.8 Å². The molecule has 2 rings (SSSR count). The zero-order valence-electron chi connectivity index (χ0n) is 9.53. The van der Waals surface area contributed by atoms with Crippen molar-refractivity contribution in [2.75, 3.05) is 13.2 Å². The second kappa shape index (κ2) is 4.58. The first-order valence-electron chi connectivity index (χ1n) is 5.44. The molecule has 92 valence electrons. The number of aryl methyl sites for hydroxylation is 1. The fourth-order valence-electron chi connectivity index (χ4n) is 1.53. The van der Waals surface area contributed by atoms with E-state index in [-0.39, 0.29) is 28.6 Å². The minimum atomic E-state index is -0.319. The van der Waals surface area contributed by atoms with Crippen LogP contribution in [-0.4, -0.2) is 34.1 Å². The van der Waals surface area contributed by atoms with Gasteiger partial charge in [-0.2, -0.15) is 0 Å². The van der Waals surface area contributed by atoms with Gasteiger partial charge in [0.25, 0.3) is 5.91 Å². The average molecular weight is 256 g/mol. The second-order valence-electron chi connectivity index (χ2n) is 4.45. The number of carbonyl (C=O) groups excluding carboxylic acids is 1. The number of hydrogen-bond donors (Lipinski definition) is 2. The van der Waals surface area contributed by atoms with E-state index in [4.69, 9.17) is 16.7 Å². The molecule has 1 fully saturated rings. The number of aliphatic hydroxyl groups is 1. The van der Waals surface area contributed by atoms with Gasteiger partial charge in [-0.05, 0) is 19.8 Å². The molecule has 0 unspecified atom stereocenters. The van der Waals surface area contributed by atoms with Crippen molar-refractivity contribution in [2.24, 2.45) is 5.41 Å². The number of amides is 1. The summed E-state index contributed by atoms with van der Waals surface area (Å²) >= 11 is 5.86. The van der Waals surface area contributed by atoms with Gasteiger partial charge in [0, 0.05) is 12.0 Å². The lowest BCUT2D eigenvalue weighted by Gasteiger charge is -2.12. The van der Waals surface area contributed by atoms with Crippen molar-refractivity contribution in [1.29, 1.82) is 0 Å². The van der Waals surface area contributed by atoms with Crippen molar-refractivity contribution in [1.82, 2.24) is 15.3 Å². The van der Waals surface area contributed by atoms with Crippen LogP contribution in [0.2, 0.25) is 5.02 Å². The molecular formula is C11H14ClN3O2. The lowest BCUT2D eigenvalue weighted by Crippen LogP contribution is -2.32. The third-order valence-electron chi connectivity index (χ3n) is 3.00. The molecule has 0 saturated heterocycles. The first-order chi connectivity index (χ1) is 8.06. The Balaban J connectivity index is 2.02. The number of aliphatic hydroxyl groups excluding tert-OH is 1. The van der Waals surface area contributed by atoms with E-state index in [1.807, 2.05) is 0 Å². The van der Waals surface area contributed by atoms with Crippen LogP contribution in [-0.2, 0) is 0 Å². The van der Waals surface area contributed by atoms with Crippen LogP contribution in [0.25, 0.3) is 0 Å². The first kappa shape index (κ1) is 12.3. The summed E-state index contributed by atoms with van der Waals surface area (Å²) in [6.45, 7) is 2.26. The largest absolute Gasteiger partial charge is 0.396 e. The molecule has 0 aliphatic heterocycles. The summed E-state index contributed by atoms with van der Waals surface area (Å²) in [5.41, 5.74) is 0.0671. The van der Waals surface area contributed by atoms with Crippen LogP contribution in [0.5, 0.6) is 0 Å². The van der Waals surface area contributed by atoms with Crippen LogP contribution in [0.4, 0.5) is 0 Å². The van der Waals surface area contributed by atoms with Crippen LogP contribution < -0.4 is 5.32 Å².